The van der Waals surface area contributed by atoms with Crippen molar-refractivity contribution in [2.24, 2.45) is 5.92 Å². The van der Waals surface area contributed by atoms with Crippen molar-refractivity contribution in [3.05, 3.63) is 54.5 Å². The Bertz CT molecular complexity index is 1640. The summed E-state index contributed by atoms with van der Waals surface area (Å²) in [4.78, 5) is 31.8. The molecule has 1 saturated heterocycles. The molecular weight excluding hydrogens is 454 g/mol. The smallest absolute Gasteiger partial charge is 0.227 e. The number of anilines is 1. The number of amides is 1. The van der Waals surface area contributed by atoms with Crippen molar-refractivity contribution in [3.63, 3.8) is 0 Å². The lowest BCUT2D eigenvalue weighted by atomic mass is 9.96. The van der Waals surface area contributed by atoms with E-state index in [0.717, 1.165) is 48.0 Å². The Hall–Kier alpha value is -4.62. The van der Waals surface area contributed by atoms with E-state index in [-0.39, 0.29) is 11.8 Å². The van der Waals surface area contributed by atoms with Gasteiger partial charge in [0.25, 0.3) is 0 Å². The number of piperidine rings is 1. The van der Waals surface area contributed by atoms with Gasteiger partial charge in [-0.25, -0.2) is 9.97 Å². The highest BCUT2D eigenvalue weighted by molar-refractivity contribution is 5.95. The minimum absolute atomic E-state index is 0.0155. The van der Waals surface area contributed by atoms with E-state index >= 15 is 0 Å². The molecule has 5 aromatic rings. The third-order valence-corrected chi connectivity index (χ3v) is 6.70. The van der Waals surface area contributed by atoms with Gasteiger partial charge in [0.15, 0.2) is 11.5 Å². The standard InChI is InChI=1S/C26H23N9O/c1-35-7-5-15(6-8-35)26(36)30-19-9-17(12-28-14-19)18-10-20-23(33-34-24(20)29-13-18)25-31-21-4-2-3-16(11-27)22(21)32-25/h2-4,9-10,12-15H,5-8H2,1H3,(H,30,36)(H,31,32)(H,29,33,34). The minimum atomic E-state index is 0.0155. The van der Waals surface area contributed by atoms with Crippen molar-refractivity contribution in [2.45, 2.75) is 12.8 Å². The van der Waals surface area contributed by atoms with E-state index in [1.54, 1.807) is 24.7 Å². The van der Waals surface area contributed by atoms with E-state index in [0.29, 0.717) is 33.9 Å². The average molecular weight is 478 g/mol. The second-order valence-corrected chi connectivity index (χ2v) is 9.12. The molecule has 36 heavy (non-hydrogen) atoms. The second-order valence-electron chi connectivity index (χ2n) is 9.12. The number of likely N-dealkylation sites (tertiary alicyclic amines) is 1. The zero-order chi connectivity index (χ0) is 24.6. The van der Waals surface area contributed by atoms with E-state index in [9.17, 15) is 10.1 Å². The number of benzene rings is 1. The van der Waals surface area contributed by atoms with Crippen LogP contribution in [0.1, 0.15) is 18.4 Å². The van der Waals surface area contributed by atoms with Crippen LogP contribution in [0.25, 0.3) is 44.7 Å². The van der Waals surface area contributed by atoms with Crippen LogP contribution in [0.4, 0.5) is 5.69 Å². The van der Waals surface area contributed by atoms with Gasteiger partial charge < -0.3 is 15.2 Å². The quantitative estimate of drug-likeness (QED) is 0.358. The largest absolute Gasteiger partial charge is 0.337 e. The molecule has 4 aromatic heterocycles. The number of nitrogens with one attached hydrogen (secondary N) is 3. The molecular formula is C26H23N9O. The van der Waals surface area contributed by atoms with Crippen LogP contribution < -0.4 is 5.32 Å². The number of aromatic nitrogens is 6. The fraction of sp³-hybridized carbons (Fsp3) is 0.231. The highest BCUT2D eigenvalue weighted by Crippen LogP contribution is 2.30. The molecule has 0 aliphatic carbocycles. The highest BCUT2D eigenvalue weighted by Gasteiger charge is 2.23. The van der Waals surface area contributed by atoms with Crippen molar-refractivity contribution in [1.29, 1.82) is 5.26 Å². The lowest BCUT2D eigenvalue weighted by Gasteiger charge is -2.28. The van der Waals surface area contributed by atoms with Gasteiger partial charge in [-0.1, -0.05) is 6.07 Å². The first kappa shape index (κ1) is 21.9. The van der Waals surface area contributed by atoms with Gasteiger partial charge in [-0.15, -0.1) is 0 Å². The average Bonchev–Trinajstić information content (AvgIpc) is 3.52. The van der Waals surface area contributed by atoms with Gasteiger partial charge in [-0.2, -0.15) is 10.4 Å². The molecule has 1 aliphatic heterocycles. The maximum absolute atomic E-state index is 12.8. The number of rotatable bonds is 4. The molecule has 178 valence electrons. The van der Waals surface area contributed by atoms with Gasteiger partial charge >= 0.3 is 0 Å². The number of hydrogen-bond acceptors (Lipinski definition) is 7. The number of imidazole rings is 1. The van der Waals surface area contributed by atoms with Crippen LogP contribution in [-0.4, -0.2) is 61.1 Å². The highest BCUT2D eigenvalue weighted by atomic mass is 16.1. The topological polar surface area (TPSA) is 139 Å². The molecule has 0 saturated carbocycles. The summed E-state index contributed by atoms with van der Waals surface area (Å²) in [6.07, 6.45) is 6.87. The molecule has 1 fully saturated rings. The van der Waals surface area contributed by atoms with Crippen LogP contribution in [0.15, 0.2) is 48.9 Å². The SMILES string of the molecule is CN1CCC(C(=O)Nc2cncc(-c3cnc4[nH]nc(-c5nc6c(C#N)cccc6[nH]5)c4c3)c2)CC1. The molecule has 0 unspecified atom stereocenters. The molecule has 0 radical (unpaired) electrons. The maximum atomic E-state index is 12.8. The van der Waals surface area contributed by atoms with Gasteiger partial charge in [0.2, 0.25) is 5.91 Å². The maximum Gasteiger partial charge on any atom is 0.227 e. The minimum Gasteiger partial charge on any atom is -0.337 e. The van der Waals surface area contributed by atoms with Gasteiger partial charge in [0.1, 0.15) is 17.3 Å². The van der Waals surface area contributed by atoms with Gasteiger partial charge in [-0.05, 0) is 57.2 Å². The molecule has 3 N–H and O–H groups in total. The number of pyridine rings is 2. The molecule has 6 rings (SSSR count). The fourth-order valence-corrected chi connectivity index (χ4v) is 4.66. The molecule has 10 nitrogen and oxygen atoms in total. The summed E-state index contributed by atoms with van der Waals surface area (Å²) in [5.41, 5.74) is 5.42. The summed E-state index contributed by atoms with van der Waals surface area (Å²) in [5, 5.41) is 20.6. The van der Waals surface area contributed by atoms with E-state index in [1.807, 2.05) is 24.3 Å². The molecule has 5 heterocycles. The first-order valence-corrected chi connectivity index (χ1v) is 11.8. The Balaban J connectivity index is 1.31. The number of nitriles is 1. The van der Waals surface area contributed by atoms with Crippen LogP contribution in [-0.2, 0) is 4.79 Å². The number of aromatic amines is 2. The molecule has 0 atom stereocenters. The summed E-state index contributed by atoms with van der Waals surface area (Å²) in [7, 11) is 2.08. The predicted molar refractivity (Wildman–Crippen MR) is 136 cm³/mol. The number of carbonyl (C=O) groups excluding carboxylic acids is 1. The summed E-state index contributed by atoms with van der Waals surface area (Å²) in [6, 6.07) is 11.5. The lowest BCUT2D eigenvalue weighted by Crippen LogP contribution is -2.35. The molecule has 1 aliphatic rings. The van der Waals surface area contributed by atoms with Crippen LogP contribution in [0.2, 0.25) is 0 Å². The zero-order valence-corrected chi connectivity index (χ0v) is 19.6. The molecule has 10 heteroatoms. The van der Waals surface area contributed by atoms with Crippen molar-refractivity contribution in [1.82, 2.24) is 35.0 Å². The summed E-state index contributed by atoms with van der Waals surface area (Å²) in [6.45, 7) is 1.86. The fourth-order valence-electron chi connectivity index (χ4n) is 4.66. The van der Waals surface area contributed by atoms with E-state index in [4.69, 9.17) is 0 Å². The first-order chi connectivity index (χ1) is 17.6. The van der Waals surface area contributed by atoms with Crippen molar-refractivity contribution in [2.75, 3.05) is 25.5 Å². The van der Waals surface area contributed by atoms with Crippen LogP contribution in [0, 0.1) is 17.2 Å². The van der Waals surface area contributed by atoms with Crippen LogP contribution in [0.5, 0.6) is 0 Å². The first-order valence-electron chi connectivity index (χ1n) is 11.8. The number of carbonyl (C=O) groups is 1. The third kappa shape index (κ3) is 3.95. The summed E-state index contributed by atoms with van der Waals surface area (Å²) >= 11 is 0. The van der Waals surface area contributed by atoms with Crippen molar-refractivity contribution < 1.29 is 4.79 Å². The van der Waals surface area contributed by atoms with Crippen molar-refractivity contribution in [3.8, 4) is 28.7 Å². The molecule has 1 amide bonds. The molecule has 0 spiro atoms. The van der Waals surface area contributed by atoms with Crippen LogP contribution in [0.3, 0.4) is 0 Å². The summed E-state index contributed by atoms with van der Waals surface area (Å²) < 4.78 is 0. The number of H-pyrrole nitrogens is 2. The lowest BCUT2D eigenvalue weighted by molar-refractivity contribution is -0.121. The molecule has 1 aromatic carbocycles. The Kier molecular flexibility index (Phi) is 5.39. The predicted octanol–water partition coefficient (Wildman–Crippen LogP) is 3.72. The van der Waals surface area contributed by atoms with E-state index < -0.39 is 0 Å². The second kappa shape index (κ2) is 8.87. The monoisotopic (exact) mass is 477 g/mol. The van der Waals surface area contributed by atoms with E-state index in [2.05, 4.69) is 53.5 Å². The van der Waals surface area contributed by atoms with Crippen molar-refractivity contribution >= 4 is 33.7 Å². The van der Waals surface area contributed by atoms with Gasteiger partial charge in [-0.3, -0.25) is 14.9 Å². The third-order valence-electron chi connectivity index (χ3n) is 6.70. The Morgan fingerprint density at radius 1 is 1.17 bits per heavy atom. The Morgan fingerprint density at radius 2 is 2.00 bits per heavy atom. The number of fused-ring (bicyclic) bond motifs is 2. The zero-order valence-electron chi connectivity index (χ0n) is 19.6. The number of nitrogens with zero attached hydrogens (tertiary/aromatic N) is 6. The van der Waals surface area contributed by atoms with Crippen LogP contribution >= 0.6 is 0 Å². The summed E-state index contributed by atoms with van der Waals surface area (Å²) in [5.74, 6) is 0.603. The number of hydrogen-bond donors (Lipinski definition) is 3. The van der Waals surface area contributed by atoms with Gasteiger partial charge in [0.05, 0.1) is 28.4 Å². The Labute approximate surface area is 206 Å². The number of para-hydroxylation sites is 1. The van der Waals surface area contributed by atoms with Gasteiger partial charge in [0, 0.05) is 29.4 Å². The van der Waals surface area contributed by atoms with E-state index in [1.165, 1.54) is 0 Å². The normalized spacial score (nSPS) is 14.8. The molecule has 0 bridgehead atoms. The Morgan fingerprint density at radius 3 is 2.83 bits per heavy atom.